The first-order valence-corrected chi connectivity index (χ1v) is 23.9. The van der Waals surface area contributed by atoms with E-state index in [1.54, 1.807) is 42.2 Å². The lowest BCUT2D eigenvalue weighted by molar-refractivity contribution is -0.148. The third kappa shape index (κ3) is 9.83. The summed E-state index contributed by atoms with van der Waals surface area (Å²) in [5, 5.41) is 17.5. The number of nitrogens with one attached hydrogen (secondary N) is 2. The molecule has 13 nitrogen and oxygen atoms in total. The van der Waals surface area contributed by atoms with Crippen molar-refractivity contribution in [2.45, 2.75) is 81.5 Å². The Labute approximate surface area is 401 Å². The van der Waals surface area contributed by atoms with Gasteiger partial charge in [0.25, 0.3) is 0 Å². The number of aromatic nitrogens is 2. The van der Waals surface area contributed by atoms with E-state index in [1.165, 1.54) is 4.90 Å². The van der Waals surface area contributed by atoms with Gasteiger partial charge in [0.05, 0.1) is 36.5 Å². The van der Waals surface area contributed by atoms with E-state index in [0.29, 0.717) is 65.3 Å². The maximum Gasteiger partial charge on any atom is 0.245 e. The fourth-order valence-corrected chi connectivity index (χ4v) is 11.0. The number of hydrogen-bond acceptors (Lipinski definition) is 8. The van der Waals surface area contributed by atoms with Gasteiger partial charge in [0.1, 0.15) is 29.4 Å². The maximum atomic E-state index is 15.3. The number of aliphatic hydroxyl groups excluding tert-OH is 1. The molecule has 2 bridgehead atoms. The Hall–Kier alpha value is -5.73. The summed E-state index contributed by atoms with van der Waals surface area (Å²) in [5.41, 5.74) is 4.71. The second-order valence-electron chi connectivity index (χ2n) is 18.9. The van der Waals surface area contributed by atoms with Crippen LogP contribution in [0.1, 0.15) is 72.5 Å². The predicted octanol–water partition coefficient (Wildman–Crippen LogP) is 6.88. The molecular weight excluding hydrogens is 890 g/mol. The van der Waals surface area contributed by atoms with E-state index in [0.717, 1.165) is 53.3 Å². The van der Waals surface area contributed by atoms with Crippen LogP contribution in [0, 0.1) is 5.92 Å². The molecule has 3 fully saturated rings. The van der Waals surface area contributed by atoms with Gasteiger partial charge in [-0.05, 0) is 117 Å². The number of imidazole rings is 1. The molecule has 5 aromatic rings. The summed E-state index contributed by atoms with van der Waals surface area (Å²) < 4.78 is 8.64. The molecule has 4 heterocycles. The predicted molar refractivity (Wildman–Crippen MR) is 257 cm³/mol. The van der Waals surface area contributed by atoms with Crippen molar-refractivity contribution in [2.24, 2.45) is 13.0 Å². The molecule has 0 spiro atoms. The highest BCUT2D eigenvalue weighted by Gasteiger charge is 2.45. The molecule has 67 heavy (non-hydrogen) atoms. The molecule has 9 rings (SSSR count). The van der Waals surface area contributed by atoms with Crippen LogP contribution in [0.15, 0.2) is 97.2 Å². The maximum absolute atomic E-state index is 15.3. The van der Waals surface area contributed by atoms with E-state index < -0.39 is 47.9 Å². The topological polar surface area (TPSA) is 149 Å². The first kappa shape index (κ1) is 46.4. The average Bonchev–Trinajstić information content (AvgIpc) is 3.92. The van der Waals surface area contributed by atoms with Gasteiger partial charge in [-0.25, -0.2) is 4.98 Å². The quantitative estimate of drug-likeness (QED) is 0.137. The summed E-state index contributed by atoms with van der Waals surface area (Å²) in [6.07, 6.45) is 4.72. The number of ether oxygens (including phenoxy) is 1. The molecule has 4 aliphatic rings. The van der Waals surface area contributed by atoms with Crippen LogP contribution in [0.25, 0.3) is 11.3 Å². The average molecular weight is 947 g/mol. The molecule has 4 aromatic carbocycles. The zero-order valence-electron chi connectivity index (χ0n) is 38.1. The first-order chi connectivity index (χ1) is 32.3. The molecule has 3 N–H and O–H groups in total. The fourth-order valence-electron chi connectivity index (χ4n) is 10.7. The zero-order valence-corrected chi connectivity index (χ0v) is 39.6. The van der Waals surface area contributed by atoms with Crippen molar-refractivity contribution < 1.29 is 29.0 Å². The van der Waals surface area contributed by atoms with Gasteiger partial charge in [0.15, 0.2) is 0 Å². The van der Waals surface area contributed by atoms with Crippen molar-refractivity contribution in [1.82, 2.24) is 34.9 Å². The number of carbonyl (C=O) groups excluding carboxylic acids is 4. The number of carbonyl (C=O) groups is 4. The summed E-state index contributed by atoms with van der Waals surface area (Å²) in [4.78, 5) is 69.3. The summed E-state index contributed by atoms with van der Waals surface area (Å²) in [6, 6.07) is 25.8. The van der Waals surface area contributed by atoms with Crippen molar-refractivity contribution in [3.05, 3.63) is 135 Å². The molecular formula is C52H57Cl2N7O6. The van der Waals surface area contributed by atoms with Gasteiger partial charge in [-0.2, -0.15) is 0 Å². The lowest BCUT2D eigenvalue weighted by Crippen LogP contribution is -2.65. The van der Waals surface area contributed by atoms with Gasteiger partial charge in [-0.1, -0.05) is 65.7 Å². The second kappa shape index (κ2) is 19.5. The number of piperidine rings is 1. The lowest BCUT2D eigenvalue weighted by atomic mass is 9.80. The molecule has 3 aliphatic heterocycles. The number of hydrogen-bond donors (Lipinski definition) is 3. The number of aryl methyl sites for hydroxylation is 1. The summed E-state index contributed by atoms with van der Waals surface area (Å²) in [7, 11) is 4.14. The van der Waals surface area contributed by atoms with Crippen LogP contribution >= 0.6 is 23.2 Å². The van der Waals surface area contributed by atoms with E-state index in [2.05, 4.69) is 33.2 Å². The van der Waals surface area contributed by atoms with Crippen molar-refractivity contribution >= 4 is 46.8 Å². The van der Waals surface area contributed by atoms with Gasteiger partial charge in [0.2, 0.25) is 23.6 Å². The molecule has 350 valence electrons. The molecule has 0 radical (unpaired) electrons. The molecule has 15 heteroatoms. The smallest absolute Gasteiger partial charge is 0.245 e. The monoisotopic (exact) mass is 945 g/mol. The Kier molecular flexibility index (Phi) is 13.5. The minimum absolute atomic E-state index is 0.0851. The van der Waals surface area contributed by atoms with Crippen LogP contribution in [0.4, 0.5) is 0 Å². The summed E-state index contributed by atoms with van der Waals surface area (Å²) in [5.74, 6) is -0.442. The minimum atomic E-state index is -1.33. The first-order valence-electron chi connectivity index (χ1n) is 23.2. The Morgan fingerprint density at radius 1 is 0.896 bits per heavy atom. The van der Waals surface area contributed by atoms with Crippen LogP contribution < -0.4 is 15.4 Å². The number of nitrogens with zero attached hydrogens (tertiary/aromatic N) is 5. The van der Waals surface area contributed by atoms with Crippen LogP contribution in [-0.4, -0.2) is 110 Å². The van der Waals surface area contributed by atoms with E-state index in [4.69, 9.17) is 32.9 Å². The Bertz CT molecular complexity index is 2650. The normalized spacial score (nSPS) is 24.1. The second-order valence-corrected chi connectivity index (χ2v) is 19.8. The zero-order chi connectivity index (χ0) is 47.0. The third-order valence-electron chi connectivity index (χ3n) is 14.3. The molecule has 1 aromatic heterocycles. The largest absolute Gasteiger partial charge is 0.457 e. The van der Waals surface area contributed by atoms with Crippen molar-refractivity contribution in [2.75, 3.05) is 39.8 Å². The Morgan fingerprint density at radius 2 is 1.64 bits per heavy atom. The number of fused-ring (bicyclic) bond motifs is 3. The highest BCUT2D eigenvalue weighted by Crippen LogP contribution is 2.42. The van der Waals surface area contributed by atoms with Gasteiger partial charge in [-0.3, -0.25) is 19.2 Å². The Balaban J connectivity index is 1.03. The molecule has 4 amide bonds. The van der Waals surface area contributed by atoms with Crippen molar-refractivity contribution in [3.63, 3.8) is 0 Å². The molecule has 0 saturated carbocycles. The van der Waals surface area contributed by atoms with E-state index in [9.17, 15) is 14.7 Å². The van der Waals surface area contributed by atoms with Crippen LogP contribution in [0.5, 0.6) is 11.5 Å². The van der Waals surface area contributed by atoms with Crippen LogP contribution in [-0.2, 0) is 45.6 Å². The number of amides is 4. The standard InChI is InChI=1S/C52H57Cl2N7O6/c1-32-49(64)56-44(30-62)50(65)57-52(25-33-9-15-38(53)16-10-33)21-6-22-60(31-52)51(66)43(42-20-14-34-7-4-5-8-41(34)42)24-47(63)61(32)29-36-11-17-39(54)23-46(36)67-40-18-12-35(13-19-40)45-26-55-48(59(45)3)37-27-58(2)28-37/h4-5,7-13,15-19,23,26,32,37,42-44,62H,6,14,20-22,24-25,27-31H2,1-3H3,(H,56,64)(H,57,65)/t32-,42?,43-,44-,52+/m0/s1. The number of benzene rings is 4. The Morgan fingerprint density at radius 3 is 2.39 bits per heavy atom. The molecule has 1 aliphatic carbocycles. The molecule has 5 atom stereocenters. The summed E-state index contributed by atoms with van der Waals surface area (Å²) >= 11 is 12.8. The molecule has 1 unspecified atom stereocenters. The van der Waals surface area contributed by atoms with E-state index in [-0.39, 0.29) is 31.3 Å². The van der Waals surface area contributed by atoms with E-state index in [1.807, 2.05) is 67.8 Å². The van der Waals surface area contributed by atoms with Gasteiger partial charge in [0, 0.05) is 66.7 Å². The van der Waals surface area contributed by atoms with Crippen LogP contribution in [0.2, 0.25) is 10.0 Å². The van der Waals surface area contributed by atoms with Gasteiger partial charge < -0.3 is 39.7 Å². The number of aliphatic hydroxyl groups is 1. The number of halogens is 2. The minimum Gasteiger partial charge on any atom is -0.457 e. The summed E-state index contributed by atoms with van der Waals surface area (Å²) in [6.45, 7) is 3.41. The SMILES string of the molecule is C[C@H]1C(=O)N[C@@H](CO)C(=O)N[C@@]2(Cc3ccc(Cl)cc3)CCCN(C2)C(=O)[C@H](C2CCc3ccccc32)CC(=O)N1Cc1ccc(Cl)cc1Oc1ccc(-c2cnc(C3CN(C)C3)n2C)cc1. The third-order valence-corrected chi connectivity index (χ3v) is 14.8. The highest BCUT2D eigenvalue weighted by atomic mass is 35.5. The fraction of sp³-hybridized carbons (Fsp3) is 0.404. The van der Waals surface area contributed by atoms with Crippen molar-refractivity contribution in [3.8, 4) is 22.8 Å². The number of likely N-dealkylation sites (N-methyl/N-ethyl adjacent to an activating group) is 1. The lowest BCUT2D eigenvalue weighted by Gasteiger charge is -2.46. The van der Waals surface area contributed by atoms with Crippen molar-refractivity contribution in [1.29, 1.82) is 0 Å². The van der Waals surface area contributed by atoms with Gasteiger partial charge in [-0.15, -0.1) is 0 Å². The highest BCUT2D eigenvalue weighted by molar-refractivity contribution is 6.31. The number of likely N-dealkylation sites (tertiary alicyclic amines) is 1. The molecule has 3 saturated heterocycles. The number of rotatable bonds is 10. The van der Waals surface area contributed by atoms with E-state index >= 15 is 9.59 Å². The van der Waals surface area contributed by atoms with Crippen LogP contribution in [0.3, 0.4) is 0 Å². The van der Waals surface area contributed by atoms with Gasteiger partial charge >= 0.3 is 0 Å².